The highest BCUT2D eigenvalue weighted by Crippen LogP contribution is 2.27. The van der Waals surface area contributed by atoms with Gasteiger partial charge >= 0.3 is 5.69 Å². The predicted molar refractivity (Wildman–Crippen MR) is 86.6 cm³/mol. The number of nitrogens with one attached hydrogen (secondary N) is 2. The lowest BCUT2D eigenvalue weighted by molar-refractivity contribution is -0.385. The summed E-state index contributed by atoms with van der Waals surface area (Å²) in [6, 6.07) is 7.61. The first-order valence-corrected chi connectivity index (χ1v) is 7.24. The van der Waals surface area contributed by atoms with Crippen LogP contribution in [0.5, 0.6) is 5.75 Å². The van der Waals surface area contributed by atoms with Crippen molar-refractivity contribution in [2.45, 2.75) is 0 Å². The van der Waals surface area contributed by atoms with Crippen LogP contribution in [0, 0.1) is 21.7 Å². The zero-order valence-corrected chi connectivity index (χ0v) is 13.2. The van der Waals surface area contributed by atoms with Crippen LogP contribution in [0.25, 0.3) is 0 Å². The van der Waals surface area contributed by atoms with E-state index in [1.807, 2.05) is 0 Å². The van der Waals surface area contributed by atoms with Crippen LogP contribution < -0.4 is 15.4 Å². The fourth-order valence-corrected chi connectivity index (χ4v) is 1.87. The summed E-state index contributed by atoms with van der Waals surface area (Å²) in [5.74, 6) is -2.93. The van der Waals surface area contributed by atoms with Crippen LogP contribution in [0.15, 0.2) is 42.5 Å². The number of carbonyl (C=O) groups excluding carboxylic acids is 2. The van der Waals surface area contributed by atoms with Crippen LogP contribution in [0.1, 0.15) is 0 Å². The molecule has 0 saturated heterocycles. The molecular formula is C16H13F2N3O5. The van der Waals surface area contributed by atoms with Gasteiger partial charge in [-0.15, -0.1) is 0 Å². The predicted octanol–water partition coefficient (Wildman–Crippen LogP) is 2.01. The Morgan fingerprint density at radius 3 is 2.35 bits per heavy atom. The minimum atomic E-state index is -0.775. The number of benzene rings is 2. The molecule has 2 amide bonds. The van der Waals surface area contributed by atoms with E-state index in [1.165, 1.54) is 12.1 Å². The average molecular weight is 365 g/mol. The quantitative estimate of drug-likeness (QED) is 0.576. The van der Waals surface area contributed by atoms with Gasteiger partial charge in [0.15, 0.2) is 6.61 Å². The van der Waals surface area contributed by atoms with Gasteiger partial charge in [-0.25, -0.2) is 8.78 Å². The van der Waals surface area contributed by atoms with E-state index in [9.17, 15) is 28.5 Å². The molecule has 0 aromatic heterocycles. The van der Waals surface area contributed by atoms with Gasteiger partial charge in [-0.05, 0) is 30.3 Å². The summed E-state index contributed by atoms with van der Waals surface area (Å²) in [5.41, 5.74) is -0.148. The molecule has 0 aliphatic carbocycles. The number of hydrogen-bond acceptors (Lipinski definition) is 5. The van der Waals surface area contributed by atoms with Crippen LogP contribution in [0.2, 0.25) is 0 Å². The van der Waals surface area contributed by atoms with Crippen LogP contribution in [-0.2, 0) is 9.59 Å². The summed E-state index contributed by atoms with van der Waals surface area (Å²) in [6.07, 6.45) is 0. The highest BCUT2D eigenvalue weighted by molar-refractivity contribution is 5.94. The van der Waals surface area contributed by atoms with Crippen molar-refractivity contribution >= 4 is 23.2 Å². The van der Waals surface area contributed by atoms with Crippen molar-refractivity contribution in [1.29, 1.82) is 0 Å². The summed E-state index contributed by atoms with van der Waals surface area (Å²) in [6.45, 7) is -1.04. The molecule has 0 radical (unpaired) electrons. The minimum absolute atomic E-state index is 0.345. The van der Waals surface area contributed by atoms with Gasteiger partial charge in [-0.2, -0.15) is 0 Å². The summed E-state index contributed by atoms with van der Waals surface area (Å²) in [7, 11) is 0. The van der Waals surface area contributed by atoms with Gasteiger partial charge < -0.3 is 15.4 Å². The number of halogens is 2. The van der Waals surface area contributed by atoms with Crippen LogP contribution in [0.4, 0.5) is 20.2 Å². The molecule has 0 aliphatic heterocycles. The Kier molecular flexibility index (Phi) is 6.15. The fraction of sp³-hybridized carbons (Fsp3) is 0.125. The van der Waals surface area contributed by atoms with E-state index < -0.39 is 53.0 Å². The Labute approximate surface area is 145 Å². The molecule has 0 aliphatic rings. The van der Waals surface area contributed by atoms with Crippen LogP contribution in [0.3, 0.4) is 0 Å². The van der Waals surface area contributed by atoms with E-state index in [4.69, 9.17) is 4.74 Å². The van der Waals surface area contributed by atoms with Gasteiger partial charge in [0.2, 0.25) is 11.7 Å². The number of ether oxygens (including phenoxy) is 1. The van der Waals surface area contributed by atoms with Crippen LogP contribution in [-0.4, -0.2) is 29.9 Å². The standard InChI is InChI=1S/C16H13F2N3O5/c17-10-1-4-12(5-2-10)20-15(22)8-19-16(23)9-26-14-7-11(18)3-6-13(14)21(24)25/h1-7H,8-9H2,(H,19,23)(H,20,22). The summed E-state index contributed by atoms with van der Waals surface area (Å²) in [5, 5.41) is 15.5. The van der Waals surface area contributed by atoms with E-state index in [-0.39, 0.29) is 0 Å². The van der Waals surface area contributed by atoms with Crippen molar-refractivity contribution in [3.8, 4) is 5.75 Å². The maximum absolute atomic E-state index is 13.1. The van der Waals surface area contributed by atoms with Crippen molar-refractivity contribution in [2.75, 3.05) is 18.5 Å². The Morgan fingerprint density at radius 1 is 1.04 bits per heavy atom. The number of anilines is 1. The second-order valence-corrected chi connectivity index (χ2v) is 4.99. The number of amides is 2. The third-order valence-electron chi connectivity index (χ3n) is 3.05. The number of nitrogens with zero attached hydrogens (tertiary/aromatic N) is 1. The molecular weight excluding hydrogens is 352 g/mol. The van der Waals surface area contributed by atoms with E-state index in [0.717, 1.165) is 30.3 Å². The Balaban J connectivity index is 1.82. The van der Waals surface area contributed by atoms with Crippen LogP contribution >= 0.6 is 0 Å². The zero-order chi connectivity index (χ0) is 19.1. The molecule has 0 atom stereocenters. The van der Waals surface area contributed by atoms with Gasteiger partial charge in [0, 0.05) is 17.8 Å². The number of nitro groups is 1. The third-order valence-corrected chi connectivity index (χ3v) is 3.05. The summed E-state index contributed by atoms with van der Waals surface area (Å²) >= 11 is 0. The largest absolute Gasteiger partial charge is 0.477 e. The van der Waals surface area contributed by atoms with Crippen molar-refractivity contribution in [3.05, 3.63) is 64.2 Å². The topological polar surface area (TPSA) is 111 Å². The maximum atomic E-state index is 13.1. The number of carbonyl (C=O) groups is 2. The first-order chi connectivity index (χ1) is 12.3. The van der Waals surface area contributed by atoms with Gasteiger partial charge in [0.25, 0.3) is 5.91 Å². The number of hydrogen-bond donors (Lipinski definition) is 2. The monoisotopic (exact) mass is 365 g/mol. The molecule has 136 valence electrons. The molecule has 0 saturated carbocycles. The third kappa shape index (κ3) is 5.51. The van der Waals surface area contributed by atoms with E-state index in [0.29, 0.717) is 5.69 Å². The van der Waals surface area contributed by atoms with E-state index >= 15 is 0 Å². The molecule has 2 aromatic carbocycles. The van der Waals surface area contributed by atoms with Gasteiger partial charge in [0.05, 0.1) is 11.5 Å². The molecule has 0 bridgehead atoms. The Bertz CT molecular complexity index is 827. The second-order valence-electron chi connectivity index (χ2n) is 4.99. The minimum Gasteiger partial charge on any atom is -0.477 e. The molecule has 2 rings (SSSR count). The summed E-state index contributed by atoms with van der Waals surface area (Å²) < 4.78 is 30.8. The van der Waals surface area contributed by atoms with Crippen molar-refractivity contribution in [2.24, 2.45) is 0 Å². The molecule has 26 heavy (non-hydrogen) atoms. The van der Waals surface area contributed by atoms with Gasteiger partial charge in [-0.1, -0.05) is 0 Å². The van der Waals surface area contributed by atoms with Gasteiger partial charge in [-0.3, -0.25) is 19.7 Å². The molecule has 0 heterocycles. The SMILES string of the molecule is O=C(COc1cc(F)ccc1[N+](=O)[O-])NCC(=O)Nc1ccc(F)cc1. The number of rotatable bonds is 7. The lowest BCUT2D eigenvalue weighted by Gasteiger charge is -2.08. The molecule has 0 spiro atoms. The smallest absolute Gasteiger partial charge is 0.311 e. The van der Waals surface area contributed by atoms with E-state index in [2.05, 4.69) is 10.6 Å². The fourth-order valence-electron chi connectivity index (χ4n) is 1.87. The first-order valence-electron chi connectivity index (χ1n) is 7.24. The molecule has 10 heteroatoms. The van der Waals surface area contributed by atoms with Gasteiger partial charge in [0.1, 0.15) is 11.6 Å². The molecule has 2 N–H and O–H groups in total. The lowest BCUT2D eigenvalue weighted by atomic mass is 10.3. The average Bonchev–Trinajstić information content (AvgIpc) is 2.60. The van der Waals surface area contributed by atoms with E-state index in [1.54, 1.807) is 0 Å². The molecule has 8 nitrogen and oxygen atoms in total. The van der Waals surface area contributed by atoms with Crippen molar-refractivity contribution < 1.29 is 28.0 Å². The van der Waals surface area contributed by atoms with Crippen molar-refractivity contribution in [3.63, 3.8) is 0 Å². The highest BCUT2D eigenvalue weighted by atomic mass is 19.1. The molecule has 2 aromatic rings. The Morgan fingerprint density at radius 2 is 1.69 bits per heavy atom. The first kappa shape index (κ1) is 18.8. The Hall–Kier alpha value is -3.56. The van der Waals surface area contributed by atoms with Crippen molar-refractivity contribution in [1.82, 2.24) is 5.32 Å². The maximum Gasteiger partial charge on any atom is 0.311 e. The summed E-state index contributed by atoms with van der Waals surface area (Å²) in [4.78, 5) is 33.4. The second kappa shape index (κ2) is 8.51. The highest BCUT2D eigenvalue weighted by Gasteiger charge is 2.17. The molecule has 0 fully saturated rings. The lowest BCUT2D eigenvalue weighted by Crippen LogP contribution is -2.35. The normalized spacial score (nSPS) is 10.1. The molecule has 0 unspecified atom stereocenters. The number of nitro benzene ring substituents is 1. The zero-order valence-electron chi connectivity index (χ0n) is 13.2.